The third kappa shape index (κ3) is 2.84. The number of rotatable bonds is 3. The normalized spacial score (nSPS) is 10.5. The summed E-state index contributed by atoms with van der Waals surface area (Å²) in [4.78, 5) is 12.3. The molecule has 1 amide bonds. The minimum Gasteiger partial charge on any atom is -0.321 e. The molecule has 6 heteroatoms. The van der Waals surface area contributed by atoms with Gasteiger partial charge in [-0.05, 0) is 43.3 Å². The maximum absolute atomic E-state index is 12.3. The molecular formula is C16H13ClN4O. The number of nitrogens with zero attached hydrogens (tertiary/aromatic N) is 3. The number of para-hydroxylation sites is 1. The van der Waals surface area contributed by atoms with Crippen LogP contribution in [0.25, 0.3) is 5.69 Å². The predicted molar refractivity (Wildman–Crippen MR) is 85.5 cm³/mol. The molecule has 5 nitrogen and oxygen atoms in total. The van der Waals surface area contributed by atoms with Gasteiger partial charge >= 0.3 is 0 Å². The van der Waals surface area contributed by atoms with Crippen LogP contribution in [0, 0.1) is 6.92 Å². The highest BCUT2D eigenvalue weighted by molar-refractivity contribution is 6.30. The van der Waals surface area contributed by atoms with E-state index in [0.29, 0.717) is 22.1 Å². The van der Waals surface area contributed by atoms with Crippen LogP contribution in [0.15, 0.2) is 54.6 Å². The number of nitrogens with one attached hydrogen (secondary N) is 1. The SMILES string of the molecule is Cc1c(C(=O)Nc2ccccc2)nnn1-c1ccc(Cl)cc1. The molecule has 1 aromatic heterocycles. The van der Waals surface area contributed by atoms with Crippen molar-refractivity contribution in [2.75, 3.05) is 5.32 Å². The Labute approximate surface area is 132 Å². The van der Waals surface area contributed by atoms with Crippen molar-refractivity contribution in [3.05, 3.63) is 71.0 Å². The molecule has 0 aliphatic heterocycles. The maximum Gasteiger partial charge on any atom is 0.278 e. The quantitative estimate of drug-likeness (QED) is 0.805. The van der Waals surface area contributed by atoms with E-state index in [4.69, 9.17) is 11.6 Å². The molecule has 0 fully saturated rings. The molecule has 1 N–H and O–H groups in total. The van der Waals surface area contributed by atoms with Crippen LogP contribution in [-0.2, 0) is 0 Å². The largest absolute Gasteiger partial charge is 0.321 e. The molecule has 22 heavy (non-hydrogen) atoms. The Hall–Kier alpha value is -2.66. The van der Waals surface area contributed by atoms with Crippen LogP contribution in [0.3, 0.4) is 0 Å². The van der Waals surface area contributed by atoms with Crippen molar-refractivity contribution in [3.8, 4) is 5.69 Å². The standard InChI is InChI=1S/C16H13ClN4O/c1-11-15(16(22)18-13-5-3-2-4-6-13)19-20-21(11)14-9-7-12(17)8-10-14/h2-10H,1H3,(H,18,22). The van der Waals surface area contributed by atoms with Gasteiger partial charge in [0.05, 0.1) is 11.4 Å². The zero-order valence-electron chi connectivity index (χ0n) is 11.8. The average molecular weight is 313 g/mol. The van der Waals surface area contributed by atoms with Gasteiger partial charge < -0.3 is 5.32 Å². The summed E-state index contributed by atoms with van der Waals surface area (Å²) >= 11 is 5.88. The summed E-state index contributed by atoms with van der Waals surface area (Å²) in [6.45, 7) is 1.80. The number of amides is 1. The van der Waals surface area contributed by atoms with Crippen molar-refractivity contribution in [1.29, 1.82) is 0 Å². The topological polar surface area (TPSA) is 59.8 Å². The summed E-state index contributed by atoms with van der Waals surface area (Å²) in [6.07, 6.45) is 0. The van der Waals surface area contributed by atoms with Gasteiger partial charge in [-0.1, -0.05) is 35.0 Å². The second-order valence-electron chi connectivity index (χ2n) is 4.73. The van der Waals surface area contributed by atoms with Crippen LogP contribution >= 0.6 is 11.6 Å². The highest BCUT2D eigenvalue weighted by Gasteiger charge is 2.17. The molecule has 0 atom stereocenters. The van der Waals surface area contributed by atoms with Crippen LogP contribution in [0.4, 0.5) is 5.69 Å². The third-order valence-corrected chi connectivity index (χ3v) is 3.46. The molecule has 0 unspecified atom stereocenters. The molecule has 0 saturated carbocycles. The van der Waals surface area contributed by atoms with E-state index in [-0.39, 0.29) is 5.91 Å². The van der Waals surface area contributed by atoms with E-state index < -0.39 is 0 Å². The first kappa shape index (κ1) is 14.3. The molecule has 0 saturated heterocycles. The van der Waals surface area contributed by atoms with Crippen LogP contribution < -0.4 is 5.32 Å². The second-order valence-corrected chi connectivity index (χ2v) is 5.17. The summed E-state index contributed by atoms with van der Waals surface area (Å²) in [5, 5.41) is 11.5. The molecule has 1 heterocycles. The summed E-state index contributed by atoms with van der Waals surface area (Å²) in [6, 6.07) is 16.4. The molecule has 0 radical (unpaired) electrons. The van der Waals surface area contributed by atoms with Gasteiger partial charge in [-0.15, -0.1) is 5.10 Å². The number of hydrogen-bond acceptors (Lipinski definition) is 3. The molecule has 0 aliphatic carbocycles. The van der Waals surface area contributed by atoms with Crippen molar-refractivity contribution < 1.29 is 4.79 Å². The lowest BCUT2D eigenvalue weighted by atomic mass is 10.2. The van der Waals surface area contributed by atoms with E-state index in [1.807, 2.05) is 42.5 Å². The first-order chi connectivity index (χ1) is 10.6. The van der Waals surface area contributed by atoms with Crippen molar-refractivity contribution in [3.63, 3.8) is 0 Å². The molecule has 0 bridgehead atoms. The van der Waals surface area contributed by atoms with Gasteiger partial charge in [0, 0.05) is 10.7 Å². The second kappa shape index (κ2) is 5.99. The van der Waals surface area contributed by atoms with E-state index in [2.05, 4.69) is 15.6 Å². The number of anilines is 1. The maximum atomic E-state index is 12.3. The summed E-state index contributed by atoms with van der Waals surface area (Å²) < 4.78 is 1.61. The summed E-state index contributed by atoms with van der Waals surface area (Å²) in [5.74, 6) is -0.288. The van der Waals surface area contributed by atoms with E-state index in [0.717, 1.165) is 5.69 Å². The van der Waals surface area contributed by atoms with Gasteiger partial charge in [-0.25, -0.2) is 4.68 Å². The summed E-state index contributed by atoms with van der Waals surface area (Å²) in [5.41, 5.74) is 2.47. The number of hydrogen-bond donors (Lipinski definition) is 1. The Kier molecular flexibility index (Phi) is 3.89. The van der Waals surface area contributed by atoms with Crippen LogP contribution in [0.1, 0.15) is 16.2 Å². The predicted octanol–water partition coefficient (Wildman–Crippen LogP) is 3.48. The summed E-state index contributed by atoms with van der Waals surface area (Å²) in [7, 11) is 0. The number of carbonyl (C=O) groups is 1. The number of aromatic nitrogens is 3. The Morgan fingerprint density at radius 2 is 1.77 bits per heavy atom. The molecule has 2 aromatic carbocycles. The third-order valence-electron chi connectivity index (χ3n) is 3.21. The van der Waals surface area contributed by atoms with Gasteiger partial charge in [0.2, 0.25) is 0 Å². The van der Waals surface area contributed by atoms with E-state index in [1.54, 1.807) is 23.7 Å². The van der Waals surface area contributed by atoms with E-state index in [9.17, 15) is 4.79 Å². The number of carbonyl (C=O) groups excluding carboxylic acids is 1. The fourth-order valence-electron chi connectivity index (χ4n) is 2.08. The molecule has 0 aliphatic rings. The van der Waals surface area contributed by atoms with Gasteiger partial charge in [0.25, 0.3) is 5.91 Å². The Morgan fingerprint density at radius 1 is 1.09 bits per heavy atom. The first-order valence-corrected chi connectivity index (χ1v) is 7.07. The van der Waals surface area contributed by atoms with Crippen LogP contribution in [0.2, 0.25) is 5.02 Å². The molecule has 3 rings (SSSR count). The van der Waals surface area contributed by atoms with Crippen molar-refractivity contribution in [1.82, 2.24) is 15.0 Å². The van der Waals surface area contributed by atoms with Crippen LogP contribution in [-0.4, -0.2) is 20.9 Å². The monoisotopic (exact) mass is 312 g/mol. The number of halogens is 1. The zero-order valence-corrected chi connectivity index (χ0v) is 12.6. The highest BCUT2D eigenvalue weighted by atomic mass is 35.5. The Bertz CT molecular complexity index is 797. The van der Waals surface area contributed by atoms with Crippen molar-refractivity contribution >= 4 is 23.2 Å². The Balaban J connectivity index is 1.87. The van der Waals surface area contributed by atoms with Gasteiger partial charge in [-0.3, -0.25) is 4.79 Å². The lowest BCUT2D eigenvalue weighted by Crippen LogP contribution is -2.14. The van der Waals surface area contributed by atoms with Crippen molar-refractivity contribution in [2.24, 2.45) is 0 Å². The first-order valence-electron chi connectivity index (χ1n) is 6.70. The fourth-order valence-corrected chi connectivity index (χ4v) is 2.20. The number of benzene rings is 2. The minimum absolute atomic E-state index is 0.288. The molecule has 110 valence electrons. The highest BCUT2D eigenvalue weighted by Crippen LogP contribution is 2.16. The van der Waals surface area contributed by atoms with Crippen LogP contribution in [0.5, 0.6) is 0 Å². The molecule has 3 aromatic rings. The average Bonchev–Trinajstić information content (AvgIpc) is 2.91. The van der Waals surface area contributed by atoms with Gasteiger partial charge in [-0.2, -0.15) is 0 Å². The molecule has 0 spiro atoms. The van der Waals surface area contributed by atoms with Crippen molar-refractivity contribution in [2.45, 2.75) is 6.92 Å². The smallest absolute Gasteiger partial charge is 0.278 e. The lowest BCUT2D eigenvalue weighted by Gasteiger charge is -2.05. The van der Waals surface area contributed by atoms with Gasteiger partial charge in [0.1, 0.15) is 0 Å². The van der Waals surface area contributed by atoms with E-state index >= 15 is 0 Å². The van der Waals surface area contributed by atoms with Gasteiger partial charge in [0.15, 0.2) is 5.69 Å². The Morgan fingerprint density at radius 3 is 2.45 bits per heavy atom. The molecular weight excluding hydrogens is 300 g/mol. The van der Waals surface area contributed by atoms with E-state index in [1.165, 1.54) is 0 Å². The minimum atomic E-state index is -0.288. The fraction of sp³-hybridized carbons (Fsp3) is 0.0625. The lowest BCUT2D eigenvalue weighted by molar-refractivity contribution is 0.102. The zero-order chi connectivity index (χ0) is 15.5.